The Kier molecular flexibility index (Phi) is 8.03. The predicted octanol–water partition coefficient (Wildman–Crippen LogP) is 4.57. The molecule has 1 aromatic carbocycles. The van der Waals surface area contributed by atoms with E-state index < -0.39 is 18.1 Å². The average molecular weight is 458 g/mol. The Morgan fingerprint density at radius 2 is 1.87 bits per heavy atom. The molecular weight excluding hydrogens is 437 g/mol. The summed E-state index contributed by atoms with van der Waals surface area (Å²) in [5.74, 6) is -3.40. The monoisotopic (exact) mass is 458 g/mol. The fourth-order valence-electron chi connectivity index (χ4n) is 3.07. The Bertz CT molecular complexity index is 931. The zero-order valence-electron chi connectivity index (χ0n) is 16.5. The van der Waals surface area contributed by atoms with Crippen LogP contribution in [0.2, 0.25) is 0 Å². The molecule has 1 fully saturated rings. The molecule has 0 saturated carbocycles. The second-order valence-electron chi connectivity index (χ2n) is 6.96. The summed E-state index contributed by atoms with van der Waals surface area (Å²) in [6.45, 7) is 3.91. The normalized spacial score (nSPS) is 16.1. The first-order valence-corrected chi connectivity index (χ1v) is 10.1. The van der Waals surface area contributed by atoms with Crippen LogP contribution in [0.3, 0.4) is 0 Å². The van der Waals surface area contributed by atoms with E-state index in [4.69, 9.17) is 9.90 Å². The van der Waals surface area contributed by atoms with Crippen molar-refractivity contribution in [3.63, 3.8) is 0 Å². The lowest BCUT2D eigenvalue weighted by atomic mass is 9.98. The molecule has 1 aliphatic rings. The van der Waals surface area contributed by atoms with Crippen molar-refractivity contribution < 1.29 is 37.8 Å². The maximum Gasteiger partial charge on any atom is 0.490 e. The minimum Gasteiger partial charge on any atom is -0.478 e. The van der Waals surface area contributed by atoms with Gasteiger partial charge in [0.05, 0.1) is 16.1 Å². The van der Waals surface area contributed by atoms with Gasteiger partial charge in [0.25, 0.3) is 5.91 Å². The molecule has 31 heavy (non-hydrogen) atoms. The van der Waals surface area contributed by atoms with Gasteiger partial charge < -0.3 is 20.4 Å². The van der Waals surface area contributed by atoms with E-state index in [1.807, 2.05) is 11.4 Å². The van der Waals surface area contributed by atoms with Gasteiger partial charge >= 0.3 is 18.1 Å². The highest BCUT2D eigenvalue weighted by Gasteiger charge is 2.38. The van der Waals surface area contributed by atoms with Crippen LogP contribution in [0.25, 0.3) is 0 Å². The van der Waals surface area contributed by atoms with Crippen molar-refractivity contribution in [3.8, 4) is 0 Å². The molecule has 1 saturated heterocycles. The maximum atomic E-state index is 12.1. The number of nitrogens with one attached hydrogen (secondary N) is 1. The molecule has 0 radical (unpaired) electrons. The number of benzene rings is 1. The lowest BCUT2D eigenvalue weighted by Gasteiger charge is -2.33. The van der Waals surface area contributed by atoms with Gasteiger partial charge in [0.1, 0.15) is 0 Å². The summed E-state index contributed by atoms with van der Waals surface area (Å²) in [5, 5.41) is 21.3. The number of halogens is 3. The third-order valence-corrected chi connectivity index (χ3v) is 5.34. The number of alkyl halides is 3. The van der Waals surface area contributed by atoms with E-state index in [1.54, 1.807) is 24.3 Å². The molecule has 3 N–H and O–H groups in total. The van der Waals surface area contributed by atoms with Gasteiger partial charge in [-0.1, -0.05) is 13.0 Å². The molecule has 1 amide bonds. The van der Waals surface area contributed by atoms with Crippen LogP contribution in [0.1, 0.15) is 39.8 Å². The summed E-state index contributed by atoms with van der Waals surface area (Å²) >= 11 is 1.35. The van der Waals surface area contributed by atoms with E-state index >= 15 is 0 Å². The van der Waals surface area contributed by atoms with Gasteiger partial charge in [-0.25, -0.2) is 9.59 Å². The summed E-state index contributed by atoms with van der Waals surface area (Å²) in [4.78, 5) is 35.4. The Morgan fingerprint density at radius 1 is 1.19 bits per heavy atom. The zero-order valence-corrected chi connectivity index (χ0v) is 17.3. The molecule has 7 nitrogen and oxygen atoms in total. The quantitative estimate of drug-likeness (QED) is 0.620. The van der Waals surface area contributed by atoms with E-state index in [-0.39, 0.29) is 11.5 Å². The minimum absolute atomic E-state index is 0.222. The molecule has 0 spiro atoms. The number of nitrogens with zero attached hydrogens (tertiary/aromatic N) is 1. The van der Waals surface area contributed by atoms with E-state index in [1.165, 1.54) is 17.8 Å². The van der Waals surface area contributed by atoms with Crippen molar-refractivity contribution in [2.45, 2.75) is 25.9 Å². The highest BCUT2D eigenvalue weighted by molar-refractivity contribution is 7.12. The summed E-state index contributed by atoms with van der Waals surface area (Å²) in [7, 11) is 0. The largest absolute Gasteiger partial charge is 0.490 e. The molecule has 0 aliphatic carbocycles. The molecule has 2 aromatic rings. The Labute approximate surface area is 180 Å². The highest BCUT2D eigenvalue weighted by atomic mass is 32.1. The highest BCUT2D eigenvalue weighted by Crippen LogP contribution is 2.29. The first-order chi connectivity index (χ1) is 14.5. The number of piperidine rings is 1. The third-order valence-electron chi connectivity index (χ3n) is 4.47. The van der Waals surface area contributed by atoms with E-state index in [9.17, 15) is 27.9 Å². The SMILES string of the molecule is CC1CCCN(c2ccc(NC(=O)c3cccs3)cc2C(=O)O)C1.O=C(O)C(F)(F)F. The number of carboxylic acid groups (broad SMARTS) is 2. The number of hydrogen-bond donors (Lipinski definition) is 3. The molecule has 1 unspecified atom stereocenters. The van der Waals surface area contributed by atoms with Gasteiger partial charge in [-0.05, 0) is 48.4 Å². The molecular formula is C20H21F3N2O5S. The number of rotatable bonds is 4. The third kappa shape index (κ3) is 6.99. The summed E-state index contributed by atoms with van der Waals surface area (Å²) in [5.41, 5.74) is 1.45. The van der Waals surface area contributed by atoms with Crippen LogP contribution in [0.15, 0.2) is 35.7 Å². The standard InChI is InChI=1S/C18H20N2O3S.C2HF3O2/c1-12-4-2-8-20(11-12)15-7-6-13(10-14(15)18(22)23)19-17(21)16-5-3-9-24-16;3-2(4,5)1(6)7/h3,5-7,9-10,12H,2,4,8,11H2,1H3,(H,19,21)(H,22,23);(H,6,7). The topological polar surface area (TPSA) is 107 Å². The van der Waals surface area contributed by atoms with Gasteiger partial charge in [-0.3, -0.25) is 4.79 Å². The molecule has 1 atom stereocenters. The first kappa shape index (κ1) is 24.2. The summed E-state index contributed by atoms with van der Waals surface area (Å²) in [6.07, 6.45) is -2.84. The number of carboxylic acids is 2. The van der Waals surface area contributed by atoms with Gasteiger partial charge in [0, 0.05) is 18.8 Å². The van der Waals surface area contributed by atoms with Gasteiger partial charge in [0.15, 0.2) is 0 Å². The lowest BCUT2D eigenvalue weighted by Crippen LogP contribution is -2.35. The fraction of sp³-hybridized carbons (Fsp3) is 0.350. The molecule has 11 heteroatoms. The van der Waals surface area contributed by atoms with Crippen LogP contribution < -0.4 is 10.2 Å². The maximum absolute atomic E-state index is 12.1. The smallest absolute Gasteiger partial charge is 0.478 e. The van der Waals surface area contributed by atoms with E-state index in [0.29, 0.717) is 16.5 Å². The molecule has 1 aliphatic heterocycles. The number of aromatic carboxylic acids is 1. The van der Waals surface area contributed by atoms with Crippen LogP contribution in [-0.4, -0.2) is 47.3 Å². The summed E-state index contributed by atoms with van der Waals surface area (Å²) < 4.78 is 31.7. The number of anilines is 2. The fourth-order valence-corrected chi connectivity index (χ4v) is 3.69. The number of aliphatic carboxylic acids is 1. The van der Waals surface area contributed by atoms with Gasteiger partial charge in [-0.15, -0.1) is 11.3 Å². The van der Waals surface area contributed by atoms with Crippen molar-refractivity contribution in [2.24, 2.45) is 5.92 Å². The van der Waals surface area contributed by atoms with E-state index in [0.717, 1.165) is 25.2 Å². The van der Waals surface area contributed by atoms with Crippen LogP contribution in [0.4, 0.5) is 24.5 Å². The summed E-state index contributed by atoms with van der Waals surface area (Å²) in [6, 6.07) is 8.66. The van der Waals surface area contributed by atoms with Crippen molar-refractivity contribution in [1.29, 1.82) is 0 Å². The Balaban J connectivity index is 0.000000423. The number of carbonyl (C=O) groups excluding carboxylic acids is 1. The van der Waals surface area contributed by atoms with Crippen LogP contribution in [0, 0.1) is 5.92 Å². The van der Waals surface area contributed by atoms with Crippen LogP contribution >= 0.6 is 11.3 Å². The number of amides is 1. The Morgan fingerprint density at radius 3 is 2.39 bits per heavy atom. The average Bonchev–Trinajstić information content (AvgIpc) is 3.22. The molecule has 168 valence electrons. The van der Waals surface area contributed by atoms with Crippen LogP contribution in [0.5, 0.6) is 0 Å². The van der Waals surface area contributed by atoms with E-state index in [2.05, 4.69) is 17.1 Å². The number of hydrogen-bond acceptors (Lipinski definition) is 5. The number of thiophene rings is 1. The van der Waals surface area contributed by atoms with Crippen molar-refractivity contribution >= 4 is 40.6 Å². The minimum atomic E-state index is -5.08. The zero-order chi connectivity index (χ0) is 23.2. The van der Waals surface area contributed by atoms with Crippen LogP contribution in [-0.2, 0) is 4.79 Å². The van der Waals surface area contributed by atoms with Crippen molar-refractivity contribution in [1.82, 2.24) is 0 Å². The molecule has 1 aromatic heterocycles. The molecule has 2 heterocycles. The molecule has 3 rings (SSSR count). The van der Waals surface area contributed by atoms with Crippen molar-refractivity contribution in [3.05, 3.63) is 46.2 Å². The lowest BCUT2D eigenvalue weighted by molar-refractivity contribution is -0.192. The van der Waals surface area contributed by atoms with Gasteiger partial charge in [-0.2, -0.15) is 13.2 Å². The Hall–Kier alpha value is -3.08. The predicted molar refractivity (Wildman–Crippen MR) is 110 cm³/mol. The first-order valence-electron chi connectivity index (χ1n) is 9.26. The van der Waals surface area contributed by atoms with Gasteiger partial charge in [0.2, 0.25) is 0 Å². The van der Waals surface area contributed by atoms with Crippen molar-refractivity contribution in [2.75, 3.05) is 23.3 Å². The number of carbonyl (C=O) groups is 3. The second kappa shape index (κ2) is 10.3. The molecule has 0 bridgehead atoms. The second-order valence-corrected chi connectivity index (χ2v) is 7.91.